The van der Waals surface area contributed by atoms with Crippen molar-refractivity contribution in [1.82, 2.24) is 4.57 Å². The van der Waals surface area contributed by atoms with Crippen LogP contribution in [0.3, 0.4) is 0 Å². The zero-order valence-electron chi connectivity index (χ0n) is 23.0. The Hall–Kier alpha value is -5.80. The predicted molar refractivity (Wildman–Crippen MR) is 178 cm³/mol. The Morgan fingerprint density at radius 3 is 1.86 bits per heavy atom. The standard InChI is InChI=1S/C40H23NO2/c1-2-9-26-21-34-31(20-25(26)8-1)32-23-39-33(29-10-3-5-13-36(29)43-39)22-35(32)41(34)27-18-16-24(17-19-27)28-12-7-15-38-40(28)30-11-4-6-14-37(30)42-38/h1-23H. The predicted octanol–water partition coefficient (Wildman–Crippen LogP) is 11.4. The monoisotopic (exact) mass is 549 g/mol. The second kappa shape index (κ2) is 8.37. The van der Waals surface area contributed by atoms with Crippen LogP contribution in [0.1, 0.15) is 0 Å². The summed E-state index contributed by atoms with van der Waals surface area (Å²) in [6, 6.07) is 49.6. The van der Waals surface area contributed by atoms with Gasteiger partial charge in [-0.2, -0.15) is 0 Å². The van der Waals surface area contributed by atoms with Gasteiger partial charge in [-0.05, 0) is 76.5 Å². The van der Waals surface area contributed by atoms with Crippen molar-refractivity contribution in [2.24, 2.45) is 0 Å². The number of aromatic nitrogens is 1. The first-order chi connectivity index (χ1) is 21.3. The van der Waals surface area contributed by atoms with Crippen LogP contribution >= 0.6 is 0 Å². The molecule has 0 bridgehead atoms. The van der Waals surface area contributed by atoms with Gasteiger partial charge in [-0.15, -0.1) is 0 Å². The van der Waals surface area contributed by atoms with Crippen molar-refractivity contribution in [2.45, 2.75) is 0 Å². The summed E-state index contributed by atoms with van der Waals surface area (Å²) in [6.07, 6.45) is 0. The van der Waals surface area contributed by atoms with Gasteiger partial charge >= 0.3 is 0 Å². The van der Waals surface area contributed by atoms with Crippen LogP contribution in [0.15, 0.2) is 148 Å². The van der Waals surface area contributed by atoms with Crippen molar-refractivity contribution in [2.75, 3.05) is 0 Å². The van der Waals surface area contributed by atoms with Crippen molar-refractivity contribution in [1.29, 1.82) is 0 Å². The molecule has 3 nitrogen and oxygen atoms in total. The maximum Gasteiger partial charge on any atom is 0.136 e. The SMILES string of the molecule is c1ccc2cc3c(cc2c1)c1cc2oc4ccccc4c2cc1n3-c1ccc(-c2cccc3oc4ccccc4c23)cc1. The maximum atomic E-state index is 6.32. The Labute approximate surface area is 245 Å². The molecule has 0 saturated carbocycles. The van der Waals surface area contributed by atoms with Crippen molar-refractivity contribution in [3.8, 4) is 16.8 Å². The fourth-order valence-electron chi connectivity index (χ4n) is 7.00. The minimum atomic E-state index is 0.911. The van der Waals surface area contributed by atoms with E-state index in [9.17, 15) is 0 Å². The molecule has 0 aliphatic carbocycles. The van der Waals surface area contributed by atoms with Crippen LogP contribution in [0.4, 0.5) is 0 Å². The number of benzene rings is 7. The van der Waals surface area contributed by atoms with Crippen LogP contribution in [-0.4, -0.2) is 4.57 Å². The highest BCUT2D eigenvalue weighted by Gasteiger charge is 2.18. The first-order valence-electron chi connectivity index (χ1n) is 14.6. The number of fused-ring (bicyclic) bond motifs is 10. The summed E-state index contributed by atoms with van der Waals surface area (Å²) in [5.41, 5.74) is 9.46. The molecule has 3 aromatic heterocycles. The van der Waals surface area contributed by atoms with Crippen molar-refractivity contribution < 1.29 is 8.83 Å². The lowest BCUT2D eigenvalue weighted by atomic mass is 9.99. The highest BCUT2D eigenvalue weighted by Crippen LogP contribution is 2.41. The van der Waals surface area contributed by atoms with Crippen LogP contribution in [0, 0.1) is 0 Å². The Balaban J connectivity index is 1.24. The number of hydrogen-bond acceptors (Lipinski definition) is 2. The molecule has 0 atom stereocenters. The molecule has 200 valence electrons. The van der Waals surface area contributed by atoms with Crippen molar-refractivity contribution in [3.05, 3.63) is 140 Å². The smallest absolute Gasteiger partial charge is 0.136 e. The van der Waals surface area contributed by atoms with Gasteiger partial charge in [-0.3, -0.25) is 0 Å². The van der Waals surface area contributed by atoms with Crippen LogP contribution < -0.4 is 0 Å². The molecule has 3 heteroatoms. The van der Waals surface area contributed by atoms with Gasteiger partial charge in [0.15, 0.2) is 0 Å². The molecule has 10 rings (SSSR count). The minimum Gasteiger partial charge on any atom is -0.456 e. The molecule has 43 heavy (non-hydrogen) atoms. The summed E-state index contributed by atoms with van der Waals surface area (Å²) in [5.74, 6) is 0. The van der Waals surface area contributed by atoms with Crippen LogP contribution in [-0.2, 0) is 0 Å². The van der Waals surface area contributed by atoms with Gasteiger partial charge in [0.05, 0.1) is 11.0 Å². The highest BCUT2D eigenvalue weighted by atomic mass is 16.3. The molecule has 0 N–H and O–H groups in total. The van der Waals surface area contributed by atoms with E-state index < -0.39 is 0 Å². The number of furan rings is 2. The summed E-state index contributed by atoms with van der Waals surface area (Å²) in [4.78, 5) is 0. The molecule has 0 unspecified atom stereocenters. The van der Waals surface area contributed by atoms with E-state index in [1.807, 2.05) is 24.3 Å². The summed E-state index contributed by atoms with van der Waals surface area (Å²) in [7, 11) is 0. The Bertz CT molecular complexity index is 2720. The molecule has 0 spiro atoms. The number of para-hydroxylation sites is 2. The lowest BCUT2D eigenvalue weighted by Crippen LogP contribution is -1.94. The number of nitrogens with zero attached hydrogens (tertiary/aromatic N) is 1. The average molecular weight is 550 g/mol. The highest BCUT2D eigenvalue weighted by molar-refractivity contribution is 6.19. The second-order valence-electron chi connectivity index (χ2n) is 11.3. The quantitative estimate of drug-likeness (QED) is 0.215. The fourth-order valence-corrected chi connectivity index (χ4v) is 7.00. The molecule has 0 fully saturated rings. The van der Waals surface area contributed by atoms with E-state index in [-0.39, 0.29) is 0 Å². The lowest BCUT2D eigenvalue weighted by Gasteiger charge is -2.11. The largest absolute Gasteiger partial charge is 0.456 e. The van der Waals surface area contributed by atoms with E-state index in [1.165, 1.54) is 38.1 Å². The van der Waals surface area contributed by atoms with Gasteiger partial charge in [0.2, 0.25) is 0 Å². The van der Waals surface area contributed by atoms with Gasteiger partial charge in [-0.1, -0.05) is 84.9 Å². The molecule has 0 aliphatic heterocycles. The lowest BCUT2D eigenvalue weighted by molar-refractivity contribution is 0.669. The summed E-state index contributed by atoms with van der Waals surface area (Å²) in [6.45, 7) is 0. The van der Waals surface area contributed by atoms with E-state index in [4.69, 9.17) is 8.83 Å². The van der Waals surface area contributed by atoms with Crippen molar-refractivity contribution >= 4 is 76.5 Å². The van der Waals surface area contributed by atoms with Crippen LogP contribution in [0.25, 0.3) is 93.3 Å². The first kappa shape index (κ1) is 22.8. The average Bonchev–Trinajstić information content (AvgIpc) is 3.71. The molecule has 7 aromatic carbocycles. The molecule has 3 heterocycles. The van der Waals surface area contributed by atoms with Gasteiger partial charge in [0.25, 0.3) is 0 Å². The molecule has 0 saturated heterocycles. The van der Waals surface area contributed by atoms with E-state index in [2.05, 4.69) is 120 Å². The van der Waals surface area contributed by atoms with E-state index in [0.717, 1.165) is 55.1 Å². The maximum absolute atomic E-state index is 6.32. The third-order valence-electron chi connectivity index (χ3n) is 8.97. The topological polar surface area (TPSA) is 31.2 Å². The normalized spacial score (nSPS) is 12.2. The third kappa shape index (κ3) is 3.19. The van der Waals surface area contributed by atoms with Gasteiger partial charge in [0.1, 0.15) is 22.3 Å². The molecule has 0 radical (unpaired) electrons. The Morgan fingerprint density at radius 2 is 1.02 bits per heavy atom. The fraction of sp³-hybridized carbons (Fsp3) is 0. The van der Waals surface area contributed by atoms with E-state index in [0.29, 0.717) is 0 Å². The van der Waals surface area contributed by atoms with Gasteiger partial charge in [0, 0.05) is 38.0 Å². The first-order valence-corrected chi connectivity index (χ1v) is 14.6. The number of rotatable bonds is 2. The summed E-state index contributed by atoms with van der Waals surface area (Å²) >= 11 is 0. The molecule has 0 aliphatic rings. The summed E-state index contributed by atoms with van der Waals surface area (Å²) in [5, 5.41) is 9.42. The van der Waals surface area contributed by atoms with Crippen molar-refractivity contribution in [3.63, 3.8) is 0 Å². The molecule has 0 amide bonds. The minimum absolute atomic E-state index is 0.911. The Morgan fingerprint density at radius 1 is 0.395 bits per heavy atom. The Kier molecular flexibility index (Phi) is 4.45. The molecular formula is C40H23NO2. The van der Waals surface area contributed by atoms with E-state index in [1.54, 1.807) is 0 Å². The second-order valence-corrected chi connectivity index (χ2v) is 11.3. The zero-order chi connectivity index (χ0) is 28.1. The van der Waals surface area contributed by atoms with Gasteiger partial charge < -0.3 is 13.4 Å². The molecular weight excluding hydrogens is 526 g/mol. The van der Waals surface area contributed by atoms with E-state index >= 15 is 0 Å². The van der Waals surface area contributed by atoms with Gasteiger partial charge in [-0.25, -0.2) is 0 Å². The zero-order valence-corrected chi connectivity index (χ0v) is 23.0. The molecule has 10 aromatic rings. The number of hydrogen-bond donors (Lipinski definition) is 0. The summed E-state index contributed by atoms with van der Waals surface area (Å²) < 4.78 is 14.9. The van der Waals surface area contributed by atoms with Crippen LogP contribution in [0.2, 0.25) is 0 Å². The van der Waals surface area contributed by atoms with Crippen LogP contribution in [0.5, 0.6) is 0 Å². The third-order valence-corrected chi connectivity index (χ3v) is 8.97.